The summed E-state index contributed by atoms with van der Waals surface area (Å²) in [5.41, 5.74) is 7.20. The van der Waals surface area contributed by atoms with Gasteiger partial charge in [0.15, 0.2) is 11.0 Å². The smallest absolute Gasteiger partial charge is 0.234 e. The lowest BCUT2D eigenvalue weighted by Crippen LogP contribution is -2.15. The summed E-state index contributed by atoms with van der Waals surface area (Å²) in [5, 5.41) is 13.2. The first-order chi connectivity index (χ1) is 15.8. The zero-order chi connectivity index (χ0) is 23.5. The number of nitrogens with one attached hydrogen (secondary N) is 1. The molecule has 0 saturated heterocycles. The Morgan fingerprint density at radius 2 is 1.64 bits per heavy atom. The SMILES string of the molecule is Cc1ccc(C)c(NC(=O)CSc2nnc(-c3ccc(Cl)cc3)n2-c2ccc(C)c(C)c2)c1. The fourth-order valence-electron chi connectivity index (χ4n) is 3.43. The molecular weight excluding hydrogens is 452 g/mol. The third-order valence-electron chi connectivity index (χ3n) is 5.48. The van der Waals surface area contributed by atoms with Gasteiger partial charge in [-0.2, -0.15) is 0 Å². The summed E-state index contributed by atoms with van der Waals surface area (Å²) in [4.78, 5) is 12.7. The molecule has 0 aliphatic heterocycles. The van der Waals surface area contributed by atoms with Gasteiger partial charge >= 0.3 is 0 Å². The summed E-state index contributed by atoms with van der Waals surface area (Å²) in [7, 11) is 0. The Kier molecular flexibility index (Phi) is 6.86. The van der Waals surface area contributed by atoms with Crippen molar-refractivity contribution in [1.29, 1.82) is 0 Å². The minimum atomic E-state index is -0.0867. The molecule has 0 fully saturated rings. The van der Waals surface area contributed by atoms with Crippen molar-refractivity contribution in [1.82, 2.24) is 14.8 Å². The maximum Gasteiger partial charge on any atom is 0.234 e. The average Bonchev–Trinajstić information content (AvgIpc) is 3.21. The molecule has 0 radical (unpaired) electrons. The van der Waals surface area contributed by atoms with E-state index in [1.54, 1.807) is 0 Å². The van der Waals surface area contributed by atoms with Crippen molar-refractivity contribution in [3.05, 3.63) is 87.9 Å². The molecule has 0 aliphatic rings. The molecule has 1 N–H and O–H groups in total. The second-order valence-electron chi connectivity index (χ2n) is 8.07. The molecule has 5 nitrogen and oxygen atoms in total. The van der Waals surface area contributed by atoms with Crippen LogP contribution < -0.4 is 5.32 Å². The number of halogens is 1. The van der Waals surface area contributed by atoms with Gasteiger partial charge in [0.05, 0.1) is 11.4 Å². The van der Waals surface area contributed by atoms with Crippen LogP contribution >= 0.6 is 23.4 Å². The van der Waals surface area contributed by atoms with Gasteiger partial charge in [-0.15, -0.1) is 10.2 Å². The van der Waals surface area contributed by atoms with Crippen LogP contribution in [-0.4, -0.2) is 26.4 Å². The van der Waals surface area contributed by atoms with Gasteiger partial charge in [-0.05, 0) is 92.4 Å². The first kappa shape index (κ1) is 23.1. The molecule has 3 aromatic carbocycles. The van der Waals surface area contributed by atoms with Gasteiger partial charge in [-0.3, -0.25) is 9.36 Å². The Morgan fingerprint density at radius 1 is 0.909 bits per heavy atom. The molecule has 1 heterocycles. The van der Waals surface area contributed by atoms with Crippen LogP contribution in [0.2, 0.25) is 5.02 Å². The van der Waals surface area contributed by atoms with Crippen molar-refractivity contribution in [3.63, 3.8) is 0 Å². The second kappa shape index (κ2) is 9.81. The fraction of sp³-hybridized carbons (Fsp3) is 0.192. The van der Waals surface area contributed by atoms with Crippen molar-refractivity contribution in [2.45, 2.75) is 32.9 Å². The zero-order valence-corrected chi connectivity index (χ0v) is 20.6. The summed E-state index contributed by atoms with van der Waals surface area (Å²) < 4.78 is 1.99. The summed E-state index contributed by atoms with van der Waals surface area (Å²) in [6.07, 6.45) is 0. The number of benzene rings is 3. The standard InChI is InChI=1S/C26H25ClN4OS/c1-16-5-6-18(3)23(13-16)28-24(32)15-33-26-30-29-25(20-8-10-21(27)11-9-20)31(26)22-12-7-17(2)19(4)14-22/h5-14H,15H2,1-4H3,(H,28,32). The monoisotopic (exact) mass is 476 g/mol. The second-order valence-corrected chi connectivity index (χ2v) is 9.45. The predicted octanol–water partition coefficient (Wildman–Crippen LogP) is 6.55. The first-order valence-electron chi connectivity index (χ1n) is 10.6. The van der Waals surface area contributed by atoms with Gasteiger partial charge in [-0.1, -0.05) is 41.6 Å². The van der Waals surface area contributed by atoms with Crippen LogP contribution in [-0.2, 0) is 4.79 Å². The highest BCUT2D eigenvalue weighted by atomic mass is 35.5. The third-order valence-corrected chi connectivity index (χ3v) is 6.66. The predicted molar refractivity (Wildman–Crippen MR) is 137 cm³/mol. The Morgan fingerprint density at radius 3 is 2.36 bits per heavy atom. The minimum absolute atomic E-state index is 0.0867. The zero-order valence-electron chi connectivity index (χ0n) is 19.0. The number of carbonyl (C=O) groups excluding carboxylic acids is 1. The topological polar surface area (TPSA) is 59.8 Å². The molecule has 0 atom stereocenters. The molecule has 4 aromatic rings. The van der Waals surface area contributed by atoms with Crippen molar-refractivity contribution >= 4 is 35.0 Å². The van der Waals surface area contributed by atoms with E-state index >= 15 is 0 Å². The van der Waals surface area contributed by atoms with Crippen LogP contribution in [0, 0.1) is 27.7 Å². The number of aromatic nitrogens is 3. The molecule has 4 rings (SSSR count). The number of carbonyl (C=O) groups is 1. The molecular formula is C26H25ClN4OS. The Labute approximate surface area is 203 Å². The lowest BCUT2D eigenvalue weighted by molar-refractivity contribution is -0.113. The lowest BCUT2D eigenvalue weighted by atomic mass is 10.1. The quantitative estimate of drug-likeness (QED) is 0.320. The third kappa shape index (κ3) is 5.29. The van der Waals surface area contributed by atoms with Gasteiger partial charge < -0.3 is 5.32 Å². The van der Waals surface area contributed by atoms with Crippen LogP contribution in [0.1, 0.15) is 22.3 Å². The number of nitrogens with zero attached hydrogens (tertiary/aromatic N) is 3. The van der Waals surface area contributed by atoms with E-state index in [4.69, 9.17) is 11.6 Å². The molecule has 7 heteroatoms. The van der Waals surface area contributed by atoms with Crippen LogP contribution in [0.5, 0.6) is 0 Å². The van der Waals surface area contributed by atoms with E-state index in [1.165, 1.54) is 22.9 Å². The van der Waals surface area contributed by atoms with Crippen LogP contribution in [0.3, 0.4) is 0 Å². The highest BCUT2D eigenvalue weighted by Gasteiger charge is 2.18. The molecule has 0 spiro atoms. The molecule has 0 aliphatic carbocycles. The van der Waals surface area contributed by atoms with Crippen molar-refractivity contribution in [3.8, 4) is 17.1 Å². The minimum Gasteiger partial charge on any atom is -0.325 e. The summed E-state index contributed by atoms with van der Waals surface area (Å²) in [6, 6.07) is 19.8. The van der Waals surface area contributed by atoms with Gasteiger partial charge in [0, 0.05) is 16.3 Å². The Hall–Kier alpha value is -3.09. The summed E-state index contributed by atoms with van der Waals surface area (Å²) in [6.45, 7) is 8.15. The number of hydrogen-bond acceptors (Lipinski definition) is 4. The van der Waals surface area contributed by atoms with Crippen molar-refractivity contribution < 1.29 is 4.79 Å². The Bertz CT molecular complexity index is 1310. The van der Waals surface area contributed by atoms with Gasteiger partial charge in [0.1, 0.15) is 0 Å². The Balaban J connectivity index is 1.63. The molecule has 1 aromatic heterocycles. The van der Waals surface area contributed by atoms with Gasteiger partial charge in [0.2, 0.25) is 5.91 Å². The van der Waals surface area contributed by atoms with Crippen molar-refractivity contribution in [2.75, 3.05) is 11.1 Å². The highest BCUT2D eigenvalue weighted by Crippen LogP contribution is 2.30. The van der Waals surface area contributed by atoms with Gasteiger partial charge in [0.25, 0.3) is 0 Å². The molecule has 33 heavy (non-hydrogen) atoms. The summed E-state index contributed by atoms with van der Waals surface area (Å²) in [5.74, 6) is 0.834. The largest absolute Gasteiger partial charge is 0.325 e. The van der Waals surface area contributed by atoms with Crippen LogP contribution in [0.15, 0.2) is 65.8 Å². The van der Waals surface area contributed by atoms with Crippen LogP contribution in [0.4, 0.5) is 5.69 Å². The average molecular weight is 477 g/mol. The number of amides is 1. The number of aryl methyl sites for hydroxylation is 4. The number of thioether (sulfide) groups is 1. The molecule has 168 valence electrons. The highest BCUT2D eigenvalue weighted by molar-refractivity contribution is 7.99. The van der Waals surface area contributed by atoms with E-state index in [0.717, 1.165) is 28.1 Å². The number of anilines is 1. The molecule has 0 bridgehead atoms. The first-order valence-corrected chi connectivity index (χ1v) is 12.0. The van der Waals surface area contributed by atoms with E-state index in [1.807, 2.05) is 66.9 Å². The maximum atomic E-state index is 12.7. The number of hydrogen-bond donors (Lipinski definition) is 1. The van der Waals surface area contributed by atoms with E-state index < -0.39 is 0 Å². The fourth-order valence-corrected chi connectivity index (χ4v) is 4.31. The van der Waals surface area contributed by atoms with Crippen molar-refractivity contribution in [2.24, 2.45) is 0 Å². The van der Waals surface area contributed by atoms with Gasteiger partial charge in [-0.25, -0.2) is 0 Å². The molecule has 0 unspecified atom stereocenters. The van der Waals surface area contributed by atoms with E-state index in [-0.39, 0.29) is 11.7 Å². The normalized spacial score (nSPS) is 10.9. The van der Waals surface area contributed by atoms with E-state index in [9.17, 15) is 4.79 Å². The van der Waals surface area contributed by atoms with Crippen LogP contribution in [0.25, 0.3) is 17.1 Å². The van der Waals surface area contributed by atoms with E-state index in [2.05, 4.69) is 41.5 Å². The van der Waals surface area contributed by atoms with E-state index in [0.29, 0.717) is 16.0 Å². The number of rotatable bonds is 6. The molecule has 1 amide bonds. The summed E-state index contributed by atoms with van der Waals surface area (Å²) >= 11 is 7.44. The molecule has 0 saturated carbocycles. The maximum absolute atomic E-state index is 12.7. The lowest BCUT2D eigenvalue weighted by Gasteiger charge is -2.13.